The number of carboxylic acid groups (broad SMARTS) is 1. The highest BCUT2D eigenvalue weighted by atomic mass is 16.7. The van der Waals surface area contributed by atoms with Crippen molar-refractivity contribution < 1.29 is 24.2 Å². The molecule has 3 atom stereocenters. The Kier molecular flexibility index (Phi) is 4.58. The highest BCUT2D eigenvalue weighted by Gasteiger charge is 2.38. The van der Waals surface area contributed by atoms with Crippen molar-refractivity contribution in [1.29, 1.82) is 0 Å². The first-order chi connectivity index (χ1) is 14.6. The molecule has 1 amide bonds. The summed E-state index contributed by atoms with van der Waals surface area (Å²) in [5.41, 5.74) is 3.80. The summed E-state index contributed by atoms with van der Waals surface area (Å²) in [6.07, 6.45) is 5.27. The third-order valence-corrected chi connectivity index (χ3v) is 6.01. The first-order valence-electron chi connectivity index (χ1n) is 10.1. The summed E-state index contributed by atoms with van der Waals surface area (Å²) in [7, 11) is 0. The van der Waals surface area contributed by atoms with Gasteiger partial charge in [-0.15, -0.1) is 0 Å². The highest BCUT2D eigenvalue weighted by Crippen LogP contribution is 2.50. The van der Waals surface area contributed by atoms with Gasteiger partial charge in [0.25, 0.3) is 5.91 Å². The molecular formula is C23H22N2O5. The highest BCUT2D eigenvalue weighted by molar-refractivity contribution is 5.95. The third kappa shape index (κ3) is 3.26. The third-order valence-electron chi connectivity index (χ3n) is 6.01. The van der Waals surface area contributed by atoms with Gasteiger partial charge in [0.1, 0.15) is 0 Å². The molecule has 1 aliphatic carbocycles. The average molecular weight is 406 g/mol. The number of carbonyl (C=O) groups is 2. The Hall–Kier alpha value is -3.48. The zero-order valence-corrected chi connectivity index (χ0v) is 16.3. The largest absolute Gasteiger partial charge is 0.481 e. The number of carboxylic acids is 1. The summed E-state index contributed by atoms with van der Waals surface area (Å²) in [6.45, 7) is 0.367. The van der Waals surface area contributed by atoms with E-state index in [0.29, 0.717) is 11.5 Å². The second-order valence-corrected chi connectivity index (χ2v) is 7.79. The summed E-state index contributed by atoms with van der Waals surface area (Å²) in [6, 6.07) is 11.8. The predicted molar refractivity (Wildman–Crippen MR) is 110 cm³/mol. The van der Waals surface area contributed by atoms with Crippen LogP contribution in [0.5, 0.6) is 11.5 Å². The first kappa shape index (κ1) is 18.5. The monoisotopic (exact) mass is 406 g/mol. The number of hydrogen-bond acceptors (Lipinski definition) is 5. The van der Waals surface area contributed by atoms with Gasteiger partial charge in [-0.25, -0.2) is 0 Å². The molecule has 0 radical (unpaired) electrons. The van der Waals surface area contributed by atoms with E-state index in [-0.39, 0.29) is 37.6 Å². The zero-order chi connectivity index (χ0) is 20.7. The van der Waals surface area contributed by atoms with E-state index in [2.05, 4.69) is 28.9 Å². The van der Waals surface area contributed by atoms with Gasteiger partial charge in [-0.3, -0.25) is 9.59 Å². The number of aliphatic carboxylic acids is 1. The molecule has 0 unspecified atom stereocenters. The van der Waals surface area contributed by atoms with Gasteiger partial charge < -0.3 is 25.2 Å². The lowest BCUT2D eigenvalue weighted by Gasteiger charge is -2.37. The molecule has 0 saturated heterocycles. The molecule has 2 aromatic rings. The van der Waals surface area contributed by atoms with Crippen LogP contribution in [-0.4, -0.2) is 30.3 Å². The number of carbonyl (C=O) groups excluding carboxylic acids is 1. The smallest absolute Gasteiger partial charge is 0.305 e. The molecule has 0 aromatic heterocycles. The van der Waals surface area contributed by atoms with Crippen molar-refractivity contribution in [3.8, 4) is 11.5 Å². The molecule has 30 heavy (non-hydrogen) atoms. The van der Waals surface area contributed by atoms with Gasteiger partial charge in [-0.05, 0) is 53.8 Å². The zero-order valence-electron chi connectivity index (χ0n) is 16.3. The lowest BCUT2D eigenvalue weighted by Crippen LogP contribution is -2.30. The summed E-state index contributed by atoms with van der Waals surface area (Å²) in [5.74, 6) is 0.908. The van der Waals surface area contributed by atoms with Crippen molar-refractivity contribution >= 4 is 17.6 Å². The molecule has 0 saturated carbocycles. The van der Waals surface area contributed by atoms with Gasteiger partial charge in [-0.2, -0.15) is 0 Å². The minimum absolute atomic E-state index is 0.0944. The van der Waals surface area contributed by atoms with Crippen molar-refractivity contribution in [3.63, 3.8) is 0 Å². The van der Waals surface area contributed by atoms with Gasteiger partial charge in [0.05, 0.1) is 12.5 Å². The van der Waals surface area contributed by atoms with E-state index in [9.17, 15) is 9.59 Å². The molecule has 0 fully saturated rings. The minimum atomic E-state index is -0.932. The maximum atomic E-state index is 12.4. The Bertz CT molecular complexity index is 1050. The number of rotatable bonds is 5. The molecule has 154 valence electrons. The molecule has 2 aromatic carbocycles. The summed E-state index contributed by atoms with van der Waals surface area (Å²) in [5, 5.41) is 15.1. The predicted octanol–water partition coefficient (Wildman–Crippen LogP) is 3.45. The molecule has 7 nitrogen and oxygen atoms in total. The van der Waals surface area contributed by atoms with Crippen LogP contribution in [0.25, 0.3) is 0 Å². The fraction of sp³-hybridized carbons (Fsp3) is 0.304. The molecule has 0 spiro atoms. The molecule has 3 N–H and O–H groups in total. The van der Waals surface area contributed by atoms with E-state index in [1.54, 1.807) is 6.07 Å². The Morgan fingerprint density at radius 2 is 2.00 bits per heavy atom. The van der Waals surface area contributed by atoms with E-state index in [1.807, 2.05) is 24.3 Å². The summed E-state index contributed by atoms with van der Waals surface area (Å²) >= 11 is 0. The molecular weight excluding hydrogens is 384 g/mol. The number of nitrogens with one attached hydrogen (secondary N) is 2. The Balaban J connectivity index is 1.41. The maximum Gasteiger partial charge on any atom is 0.305 e. The lowest BCUT2D eigenvalue weighted by molar-refractivity contribution is -0.136. The molecule has 2 heterocycles. The molecule has 7 heteroatoms. The standard InChI is InChI=1S/C23H22N2O5/c26-21(27)8-9-24-23(28)14-4-6-18-17(10-14)15-2-1-3-16(15)22(25-18)13-5-7-19-20(11-13)30-12-29-19/h1-2,4-7,10-11,15-16,22,25H,3,8-9,12H2,(H,24,28)(H,26,27)/t15-,16+,22-/m0/s1. The van der Waals surface area contributed by atoms with Gasteiger partial charge in [-0.1, -0.05) is 18.2 Å². The second kappa shape index (κ2) is 7.40. The maximum absolute atomic E-state index is 12.4. The van der Waals surface area contributed by atoms with Gasteiger partial charge in [0.15, 0.2) is 11.5 Å². The number of fused-ring (bicyclic) bond motifs is 4. The van der Waals surface area contributed by atoms with E-state index < -0.39 is 5.97 Å². The van der Waals surface area contributed by atoms with Crippen LogP contribution in [0.15, 0.2) is 48.6 Å². The fourth-order valence-corrected chi connectivity index (χ4v) is 4.56. The molecule has 2 aliphatic heterocycles. The number of benzene rings is 2. The number of ether oxygens (including phenoxy) is 2. The molecule has 3 aliphatic rings. The van der Waals surface area contributed by atoms with Crippen molar-refractivity contribution in [1.82, 2.24) is 5.32 Å². The van der Waals surface area contributed by atoms with Crippen molar-refractivity contribution in [2.75, 3.05) is 18.7 Å². The van der Waals surface area contributed by atoms with Crippen LogP contribution in [0.3, 0.4) is 0 Å². The number of allylic oxidation sites excluding steroid dienone is 2. The SMILES string of the molecule is O=C(O)CCNC(=O)c1ccc2c(c1)[C@H]1C=CC[C@H]1[C@H](c1ccc3c(c1)OCO3)N2. The molecule has 5 rings (SSSR count). The number of anilines is 1. The fourth-order valence-electron chi connectivity index (χ4n) is 4.56. The summed E-state index contributed by atoms with van der Waals surface area (Å²) in [4.78, 5) is 23.1. The first-order valence-corrected chi connectivity index (χ1v) is 10.1. The van der Waals surface area contributed by atoms with Crippen LogP contribution < -0.4 is 20.1 Å². The van der Waals surface area contributed by atoms with Gasteiger partial charge in [0.2, 0.25) is 6.79 Å². The van der Waals surface area contributed by atoms with Crippen LogP contribution in [0.1, 0.15) is 46.3 Å². The van der Waals surface area contributed by atoms with E-state index in [4.69, 9.17) is 14.6 Å². The van der Waals surface area contributed by atoms with Crippen LogP contribution >= 0.6 is 0 Å². The Labute approximate surface area is 173 Å². The van der Waals surface area contributed by atoms with E-state index in [0.717, 1.165) is 34.7 Å². The Morgan fingerprint density at radius 3 is 2.87 bits per heavy atom. The van der Waals surface area contributed by atoms with E-state index in [1.165, 1.54) is 0 Å². The van der Waals surface area contributed by atoms with Crippen molar-refractivity contribution in [2.24, 2.45) is 5.92 Å². The van der Waals surface area contributed by atoms with Crippen LogP contribution in [0.4, 0.5) is 5.69 Å². The van der Waals surface area contributed by atoms with Crippen molar-refractivity contribution in [3.05, 3.63) is 65.2 Å². The number of amides is 1. The van der Waals surface area contributed by atoms with Crippen LogP contribution in [0, 0.1) is 5.92 Å². The van der Waals surface area contributed by atoms with Crippen LogP contribution in [0.2, 0.25) is 0 Å². The number of hydrogen-bond donors (Lipinski definition) is 3. The van der Waals surface area contributed by atoms with Crippen molar-refractivity contribution in [2.45, 2.75) is 24.8 Å². The van der Waals surface area contributed by atoms with Gasteiger partial charge >= 0.3 is 5.97 Å². The second-order valence-electron chi connectivity index (χ2n) is 7.79. The minimum Gasteiger partial charge on any atom is -0.481 e. The normalized spacial score (nSPS) is 22.7. The lowest BCUT2D eigenvalue weighted by atomic mass is 9.76. The average Bonchev–Trinajstić information content (AvgIpc) is 3.41. The Morgan fingerprint density at radius 1 is 1.13 bits per heavy atom. The van der Waals surface area contributed by atoms with E-state index >= 15 is 0 Å². The van der Waals surface area contributed by atoms with Gasteiger partial charge in [0, 0.05) is 23.7 Å². The quantitative estimate of drug-likeness (QED) is 0.658. The van der Waals surface area contributed by atoms with Crippen LogP contribution in [-0.2, 0) is 4.79 Å². The summed E-state index contributed by atoms with van der Waals surface area (Å²) < 4.78 is 11.0. The topological polar surface area (TPSA) is 96.9 Å². The molecule has 0 bridgehead atoms.